The van der Waals surface area contributed by atoms with Crippen LogP contribution in [0.2, 0.25) is 0 Å². The predicted octanol–water partition coefficient (Wildman–Crippen LogP) is 1.42. The SMILES string of the molecule is NNc1ncnc(NCc2ccccc2F)c1[N+](=O)[O-]. The Morgan fingerprint density at radius 2 is 2.00 bits per heavy atom. The molecule has 0 unspecified atom stereocenters. The number of halogens is 1. The zero-order valence-corrected chi connectivity index (χ0v) is 10.2. The number of rotatable bonds is 5. The highest BCUT2D eigenvalue weighted by Crippen LogP contribution is 2.28. The Kier molecular flexibility index (Phi) is 4.01. The van der Waals surface area contributed by atoms with Crippen LogP contribution in [0.5, 0.6) is 0 Å². The lowest BCUT2D eigenvalue weighted by Gasteiger charge is -2.08. The number of hydrogen-bond acceptors (Lipinski definition) is 7. The molecule has 2 aromatic rings. The molecular weight excluding hydrogens is 267 g/mol. The van der Waals surface area contributed by atoms with Gasteiger partial charge in [0.2, 0.25) is 11.6 Å². The van der Waals surface area contributed by atoms with Crippen molar-refractivity contribution in [3.05, 3.63) is 52.1 Å². The third kappa shape index (κ3) is 2.78. The van der Waals surface area contributed by atoms with E-state index in [1.807, 2.05) is 0 Å². The number of benzene rings is 1. The Morgan fingerprint density at radius 3 is 2.65 bits per heavy atom. The van der Waals surface area contributed by atoms with E-state index < -0.39 is 16.4 Å². The van der Waals surface area contributed by atoms with Crippen molar-refractivity contribution in [2.75, 3.05) is 10.7 Å². The molecule has 9 heteroatoms. The Hall–Kier alpha value is -2.81. The van der Waals surface area contributed by atoms with E-state index in [0.29, 0.717) is 5.56 Å². The van der Waals surface area contributed by atoms with Gasteiger partial charge < -0.3 is 10.7 Å². The summed E-state index contributed by atoms with van der Waals surface area (Å²) in [6.45, 7) is 0.0501. The quantitative estimate of drug-likeness (QED) is 0.430. The molecule has 0 saturated heterocycles. The number of nitrogens with zero attached hydrogens (tertiary/aromatic N) is 3. The van der Waals surface area contributed by atoms with Crippen molar-refractivity contribution in [2.45, 2.75) is 6.54 Å². The average molecular weight is 278 g/mol. The van der Waals surface area contributed by atoms with Crippen LogP contribution in [0.25, 0.3) is 0 Å². The highest BCUT2D eigenvalue weighted by atomic mass is 19.1. The molecule has 1 aromatic carbocycles. The van der Waals surface area contributed by atoms with Crippen molar-refractivity contribution in [1.82, 2.24) is 9.97 Å². The van der Waals surface area contributed by atoms with Crippen molar-refractivity contribution in [3.8, 4) is 0 Å². The maximum atomic E-state index is 13.5. The first kappa shape index (κ1) is 13.6. The molecule has 8 nitrogen and oxygen atoms in total. The fraction of sp³-hybridized carbons (Fsp3) is 0.0909. The molecule has 0 fully saturated rings. The van der Waals surface area contributed by atoms with Crippen LogP contribution >= 0.6 is 0 Å². The van der Waals surface area contributed by atoms with Gasteiger partial charge in [0.1, 0.15) is 12.1 Å². The second-order valence-corrected chi connectivity index (χ2v) is 3.77. The van der Waals surface area contributed by atoms with Crippen LogP contribution in [-0.2, 0) is 6.54 Å². The van der Waals surface area contributed by atoms with Gasteiger partial charge in [-0.05, 0) is 6.07 Å². The smallest absolute Gasteiger partial charge is 0.354 e. The summed E-state index contributed by atoms with van der Waals surface area (Å²) >= 11 is 0. The largest absolute Gasteiger partial charge is 0.360 e. The zero-order chi connectivity index (χ0) is 14.5. The number of nitrogens with two attached hydrogens (primary N) is 1. The fourth-order valence-electron chi connectivity index (χ4n) is 1.61. The van der Waals surface area contributed by atoms with E-state index in [-0.39, 0.29) is 18.2 Å². The normalized spacial score (nSPS) is 10.1. The highest BCUT2D eigenvalue weighted by Gasteiger charge is 2.22. The lowest BCUT2D eigenvalue weighted by atomic mass is 10.2. The van der Waals surface area contributed by atoms with Gasteiger partial charge in [0.25, 0.3) is 0 Å². The minimum absolute atomic E-state index is 0.0406. The molecule has 1 aromatic heterocycles. The van der Waals surface area contributed by atoms with Gasteiger partial charge in [-0.1, -0.05) is 18.2 Å². The molecule has 4 N–H and O–H groups in total. The maximum absolute atomic E-state index is 13.5. The summed E-state index contributed by atoms with van der Waals surface area (Å²) in [5.41, 5.74) is 2.09. The standard InChI is InChI=1S/C11H11FN6O2/c12-8-4-2-1-3-7(8)5-14-10-9(18(19)20)11(17-13)16-6-15-10/h1-4,6H,5,13H2,(H2,14,15,16,17). The lowest BCUT2D eigenvalue weighted by Crippen LogP contribution is -2.14. The average Bonchev–Trinajstić information content (AvgIpc) is 2.45. The Balaban J connectivity index is 2.26. The number of nitrogens with one attached hydrogen (secondary N) is 2. The van der Waals surface area contributed by atoms with Gasteiger partial charge in [-0.3, -0.25) is 10.1 Å². The topological polar surface area (TPSA) is 119 Å². The number of nitro groups is 1. The lowest BCUT2D eigenvalue weighted by molar-refractivity contribution is -0.383. The molecular formula is C11H11FN6O2. The predicted molar refractivity (Wildman–Crippen MR) is 70.2 cm³/mol. The van der Waals surface area contributed by atoms with E-state index in [4.69, 9.17) is 5.84 Å². The van der Waals surface area contributed by atoms with Gasteiger partial charge in [0.05, 0.1) is 4.92 Å². The highest BCUT2D eigenvalue weighted by molar-refractivity contribution is 5.68. The monoisotopic (exact) mass is 278 g/mol. The fourth-order valence-corrected chi connectivity index (χ4v) is 1.61. The number of anilines is 2. The molecule has 1 heterocycles. The molecule has 0 amide bonds. The van der Waals surface area contributed by atoms with Gasteiger partial charge in [-0.2, -0.15) is 0 Å². The van der Waals surface area contributed by atoms with Crippen molar-refractivity contribution >= 4 is 17.3 Å². The van der Waals surface area contributed by atoms with Crippen LogP contribution in [0, 0.1) is 15.9 Å². The third-order valence-corrected chi connectivity index (χ3v) is 2.55. The molecule has 0 aliphatic carbocycles. The Labute approximate surface area is 113 Å². The van der Waals surface area contributed by atoms with E-state index in [0.717, 1.165) is 6.33 Å². The Morgan fingerprint density at radius 1 is 1.30 bits per heavy atom. The molecule has 0 atom stereocenters. The summed E-state index contributed by atoms with van der Waals surface area (Å²) in [4.78, 5) is 17.7. The van der Waals surface area contributed by atoms with Crippen molar-refractivity contribution < 1.29 is 9.31 Å². The van der Waals surface area contributed by atoms with Crippen LogP contribution in [0.4, 0.5) is 21.7 Å². The van der Waals surface area contributed by atoms with Gasteiger partial charge in [0, 0.05) is 12.1 Å². The van der Waals surface area contributed by atoms with E-state index in [9.17, 15) is 14.5 Å². The molecule has 0 aliphatic rings. The van der Waals surface area contributed by atoms with E-state index in [2.05, 4.69) is 20.7 Å². The van der Waals surface area contributed by atoms with Crippen LogP contribution in [0.3, 0.4) is 0 Å². The van der Waals surface area contributed by atoms with Gasteiger partial charge in [0.15, 0.2) is 0 Å². The van der Waals surface area contributed by atoms with Gasteiger partial charge >= 0.3 is 5.69 Å². The molecule has 0 saturated carbocycles. The van der Waals surface area contributed by atoms with E-state index >= 15 is 0 Å². The molecule has 20 heavy (non-hydrogen) atoms. The number of nitrogen functional groups attached to an aromatic ring is 1. The second-order valence-electron chi connectivity index (χ2n) is 3.77. The van der Waals surface area contributed by atoms with Gasteiger partial charge in [-0.15, -0.1) is 0 Å². The van der Waals surface area contributed by atoms with Crippen molar-refractivity contribution in [3.63, 3.8) is 0 Å². The maximum Gasteiger partial charge on any atom is 0.354 e. The number of hydrazine groups is 1. The minimum atomic E-state index is -0.668. The number of aromatic nitrogens is 2. The third-order valence-electron chi connectivity index (χ3n) is 2.55. The summed E-state index contributed by atoms with van der Waals surface area (Å²) in [6, 6.07) is 6.10. The summed E-state index contributed by atoms with van der Waals surface area (Å²) in [7, 11) is 0. The number of hydrogen-bond donors (Lipinski definition) is 3. The summed E-state index contributed by atoms with van der Waals surface area (Å²) in [5.74, 6) is 4.58. The molecule has 0 spiro atoms. The first-order valence-corrected chi connectivity index (χ1v) is 5.56. The molecule has 0 aliphatic heterocycles. The van der Waals surface area contributed by atoms with E-state index in [1.165, 1.54) is 6.07 Å². The van der Waals surface area contributed by atoms with Crippen LogP contribution in [0.15, 0.2) is 30.6 Å². The van der Waals surface area contributed by atoms with Crippen LogP contribution in [-0.4, -0.2) is 14.9 Å². The van der Waals surface area contributed by atoms with Crippen LogP contribution < -0.4 is 16.6 Å². The second kappa shape index (κ2) is 5.89. The summed E-state index contributed by atoms with van der Waals surface area (Å²) in [5, 5.41) is 13.7. The van der Waals surface area contributed by atoms with Crippen molar-refractivity contribution in [2.24, 2.45) is 5.84 Å². The first-order chi connectivity index (χ1) is 9.63. The Bertz CT molecular complexity index is 636. The van der Waals surface area contributed by atoms with Crippen molar-refractivity contribution in [1.29, 1.82) is 0 Å². The minimum Gasteiger partial charge on any atom is -0.360 e. The molecule has 0 bridgehead atoms. The zero-order valence-electron chi connectivity index (χ0n) is 10.2. The molecule has 104 valence electrons. The summed E-state index contributed by atoms with van der Waals surface area (Å²) in [6.07, 6.45) is 1.12. The van der Waals surface area contributed by atoms with Gasteiger partial charge in [-0.25, -0.2) is 20.2 Å². The van der Waals surface area contributed by atoms with E-state index in [1.54, 1.807) is 18.2 Å². The first-order valence-electron chi connectivity index (χ1n) is 5.56. The van der Waals surface area contributed by atoms with Crippen LogP contribution in [0.1, 0.15) is 5.56 Å². The molecule has 0 radical (unpaired) electrons. The summed E-state index contributed by atoms with van der Waals surface area (Å²) < 4.78 is 13.5. The molecule has 2 rings (SSSR count).